The molecule has 112 valence electrons. The van der Waals surface area contributed by atoms with Gasteiger partial charge in [-0.15, -0.1) is 11.6 Å². The maximum Gasteiger partial charge on any atom is 0.243 e. The Kier molecular flexibility index (Phi) is 4.69. The highest BCUT2D eigenvalue weighted by Crippen LogP contribution is 2.26. The first-order valence-corrected chi connectivity index (χ1v) is 8.25. The van der Waals surface area contributed by atoms with E-state index in [9.17, 15) is 12.8 Å². The van der Waals surface area contributed by atoms with Gasteiger partial charge in [0.1, 0.15) is 5.82 Å². The summed E-state index contributed by atoms with van der Waals surface area (Å²) < 4.78 is 45.4. The Morgan fingerprint density at radius 3 is 2.75 bits per heavy atom. The van der Waals surface area contributed by atoms with Crippen molar-refractivity contribution in [3.63, 3.8) is 0 Å². The molecule has 0 bridgehead atoms. The number of nitrogens with zero attached hydrogens (tertiary/aromatic N) is 1. The molecule has 20 heavy (non-hydrogen) atoms. The van der Waals surface area contributed by atoms with Crippen molar-refractivity contribution < 1.29 is 17.5 Å². The Morgan fingerprint density at radius 1 is 1.50 bits per heavy atom. The van der Waals surface area contributed by atoms with Gasteiger partial charge in [-0.1, -0.05) is 0 Å². The minimum atomic E-state index is -3.63. The second-order valence-electron chi connectivity index (χ2n) is 4.86. The molecule has 7 heteroatoms. The van der Waals surface area contributed by atoms with E-state index >= 15 is 0 Å². The number of rotatable bonds is 4. The van der Waals surface area contributed by atoms with Crippen LogP contribution in [0.1, 0.15) is 17.5 Å². The molecule has 4 nitrogen and oxygen atoms in total. The average molecular weight is 322 g/mol. The van der Waals surface area contributed by atoms with Gasteiger partial charge in [-0.05, 0) is 31.0 Å². The summed E-state index contributed by atoms with van der Waals surface area (Å²) in [4.78, 5) is 0.0869. The van der Waals surface area contributed by atoms with Crippen molar-refractivity contribution in [3.8, 4) is 0 Å². The minimum absolute atomic E-state index is 0.0588. The zero-order valence-corrected chi connectivity index (χ0v) is 13.0. The Bertz CT molecular complexity index is 606. The van der Waals surface area contributed by atoms with Crippen LogP contribution < -0.4 is 0 Å². The molecule has 0 aliphatic carbocycles. The number of ether oxygens (including phenoxy) is 1. The minimum Gasteiger partial charge on any atom is -0.380 e. The van der Waals surface area contributed by atoms with Gasteiger partial charge < -0.3 is 4.74 Å². The number of halogens is 2. The van der Waals surface area contributed by atoms with Gasteiger partial charge in [0, 0.05) is 25.8 Å². The molecular weight excluding hydrogens is 305 g/mol. The number of hydrogen-bond acceptors (Lipinski definition) is 3. The molecule has 0 radical (unpaired) electrons. The molecule has 1 unspecified atom stereocenters. The highest BCUT2D eigenvalue weighted by atomic mass is 35.5. The van der Waals surface area contributed by atoms with Crippen LogP contribution in [0.25, 0.3) is 0 Å². The molecule has 0 saturated carbocycles. The van der Waals surface area contributed by atoms with Crippen molar-refractivity contribution in [1.82, 2.24) is 4.31 Å². The first-order valence-electron chi connectivity index (χ1n) is 6.28. The summed E-state index contributed by atoms with van der Waals surface area (Å²) in [5.41, 5.74) is 0.483. The Balaban J connectivity index is 2.38. The third-order valence-corrected chi connectivity index (χ3v) is 5.66. The Hall–Kier alpha value is -0.690. The van der Waals surface area contributed by atoms with Gasteiger partial charge >= 0.3 is 0 Å². The first kappa shape index (κ1) is 15.7. The lowest BCUT2D eigenvalue weighted by Crippen LogP contribution is -2.30. The van der Waals surface area contributed by atoms with Crippen molar-refractivity contribution in [3.05, 3.63) is 29.1 Å². The summed E-state index contributed by atoms with van der Waals surface area (Å²) in [6, 6.07) is 2.66. The number of benzene rings is 1. The quantitative estimate of drug-likeness (QED) is 0.799. The lowest BCUT2D eigenvalue weighted by molar-refractivity contribution is 0.115. The van der Waals surface area contributed by atoms with Crippen molar-refractivity contribution in [2.75, 3.05) is 20.2 Å². The van der Waals surface area contributed by atoms with E-state index in [0.717, 1.165) is 0 Å². The van der Waals surface area contributed by atoms with Crippen molar-refractivity contribution in [2.24, 2.45) is 0 Å². The predicted molar refractivity (Wildman–Crippen MR) is 74.9 cm³/mol. The molecule has 1 saturated heterocycles. The number of methoxy groups -OCH3 is 1. The molecule has 1 aliphatic rings. The Morgan fingerprint density at radius 2 is 2.20 bits per heavy atom. The van der Waals surface area contributed by atoms with E-state index in [2.05, 4.69) is 0 Å². The third kappa shape index (κ3) is 2.83. The third-order valence-electron chi connectivity index (χ3n) is 3.53. The summed E-state index contributed by atoms with van der Waals surface area (Å²) >= 11 is 5.66. The normalized spacial score (nSPS) is 20.5. The average Bonchev–Trinajstić information content (AvgIpc) is 2.91. The van der Waals surface area contributed by atoms with Crippen molar-refractivity contribution >= 4 is 21.6 Å². The summed E-state index contributed by atoms with van der Waals surface area (Å²) in [7, 11) is -2.06. The Labute approximate surface area is 123 Å². The molecule has 2 rings (SSSR count). The molecule has 1 heterocycles. The van der Waals surface area contributed by atoms with Crippen LogP contribution in [-0.2, 0) is 20.6 Å². The van der Waals surface area contributed by atoms with Gasteiger partial charge in [-0.2, -0.15) is 4.31 Å². The molecule has 1 aliphatic heterocycles. The molecule has 0 spiro atoms. The first-order chi connectivity index (χ1) is 9.40. The van der Waals surface area contributed by atoms with Gasteiger partial charge in [0.05, 0.1) is 16.9 Å². The fourth-order valence-electron chi connectivity index (χ4n) is 2.31. The topological polar surface area (TPSA) is 46.6 Å². The highest BCUT2D eigenvalue weighted by Gasteiger charge is 2.33. The number of hydrogen-bond donors (Lipinski definition) is 0. The van der Waals surface area contributed by atoms with Gasteiger partial charge in [-0.25, -0.2) is 12.8 Å². The van der Waals surface area contributed by atoms with Crippen LogP contribution in [-0.4, -0.2) is 39.0 Å². The second-order valence-corrected chi connectivity index (χ2v) is 7.06. The van der Waals surface area contributed by atoms with E-state index in [1.807, 2.05) is 0 Å². The lowest BCUT2D eigenvalue weighted by Gasteiger charge is -2.17. The summed E-state index contributed by atoms with van der Waals surface area (Å²) in [6.07, 6.45) is 0.581. The van der Waals surface area contributed by atoms with E-state index in [1.54, 1.807) is 7.11 Å². The second kappa shape index (κ2) is 5.97. The summed E-state index contributed by atoms with van der Waals surface area (Å²) in [5, 5.41) is 0. The smallest absolute Gasteiger partial charge is 0.243 e. The molecule has 1 atom stereocenters. The largest absolute Gasteiger partial charge is 0.380 e. The maximum atomic E-state index is 13.8. The van der Waals surface area contributed by atoms with Crippen LogP contribution in [0.3, 0.4) is 0 Å². The van der Waals surface area contributed by atoms with Gasteiger partial charge in [-0.3, -0.25) is 0 Å². The fraction of sp³-hybridized carbons (Fsp3) is 0.538. The van der Waals surface area contributed by atoms with Crippen LogP contribution >= 0.6 is 11.6 Å². The zero-order valence-electron chi connectivity index (χ0n) is 11.4. The van der Waals surface area contributed by atoms with E-state index in [0.29, 0.717) is 19.5 Å². The molecular formula is C13H17ClFNO3S. The molecule has 1 fully saturated rings. The van der Waals surface area contributed by atoms with E-state index in [-0.39, 0.29) is 28.0 Å². The predicted octanol–water partition coefficient (Wildman–Crippen LogP) is 2.28. The molecule has 1 aromatic carbocycles. The van der Waals surface area contributed by atoms with Crippen LogP contribution in [0.15, 0.2) is 17.0 Å². The number of alkyl halides is 1. The number of aryl methyl sites for hydroxylation is 1. The fourth-order valence-corrected chi connectivity index (χ4v) is 4.13. The van der Waals surface area contributed by atoms with Crippen LogP contribution in [0.5, 0.6) is 0 Å². The summed E-state index contributed by atoms with van der Waals surface area (Å²) in [5.74, 6) is -0.508. The van der Waals surface area contributed by atoms with Gasteiger partial charge in [0.25, 0.3) is 0 Å². The van der Waals surface area contributed by atoms with E-state index in [1.165, 1.54) is 23.4 Å². The van der Waals surface area contributed by atoms with E-state index < -0.39 is 15.8 Å². The van der Waals surface area contributed by atoms with Crippen molar-refractivity contribution in [2.45, 2.75) is 30.2 Å². The molecule has 1 aromatic rings. The number of sulfonamides is 1. The summed E-state index contributed by atoms with van der Waals surface area (Å²) in [6.45, 7) is 2.27. The van der Waals surface area contributed by atoms with Gasteiger partial charge in [0.15, 0.2) is 0 Å². The van der Waals surface area contributed by atoms with Crippen LogP contribution in [0, 0.1) is 12.7 Å². The van der Waals surface area contributed by atoms with Crippen LogP contribution in [0.2, 0.25) is 0 Å². The van der Waals surface area contributed by atoms with Gasteiger partial charge in [0.2, 0.25) is 10.0 Å². The van der Waals surface area contributed by atoms with E-state index in [4.69, 9.17) is 16.3 Å². The highest BCUT2D eigenvalue weighted by molar-refractivity contribution is 7.89. The lowest BCUT2D eigenvalue weighted by atomic mass is 10.1. The van der Waals surface area contributed by atoms with Crippen LogP contribution in [0.4, 0.5) is 4.39 Å². The standard InChI is InChI=1S/C13H17ClFNO3S/c1-9-5-12(6-10(7-14)13(9)15)20(17,18)16-4-3-11(8-16)19-2/h5-6,11H,3-4,7-8H2,1-2H3. The SMILES string of the molecule is COC1CCN(S(=O)(=O)c2cc(C)c(F)c(CCl)c2)C1. The zero-order chi connectivity index (χ0) is 14.9. The maximum absolute atomic E-state index is 13.8. The molecule has 0 amide bonds. The molecule has 0 N–H and O–H groups in total. The van der Waals surface area contributed by atoms with Crippen molar-refractivity contribution in [1.29, 1.82) is 0 Å². The molecule has 0 aromatic heterocycles. The monoisotopic (exact) mass is 321 g/mol.